The van der Waals surface area contributed by atoms with Crippen molar-refractivity contribution >= 4 is 5.91 Å². The molecular formula is C15H16N6O2. The first-order chi connectivity index (χ1) is 11.2. The van der Waals surface area contributed by atoms with E-state index in [1.807, 2.05) is 13.1 Å². The fraction of sp³-hybridized carbons (Fsp3) is 0.333. The van der Waals surface area contributed by atoms with Crippen LogP contribution in [0.3, 0.4) is 0 Å². The number of rotatable bonds is 3. The van der Waals surface area contributed by atoms with Gasteiger partial charge in [-0.1, -0.05) is 0 Å². The molecule has 0 saturated carbocycles. The van der Waals surface area contributed by atoms with Crippen LogP contribution in [0, 0.1) is 0 Å². The number of aromatic nitrogens is 5. The first kappa shape index (κ1) is 13.7. The Balaban J connectivity index is 1.59. The Morgan fingerprint density at radius 2 is 2.35 bits per heavy atom. The molecule has 8 nitrogen and oxygen atoms in total. The number of carbonyl (C=O) groups excluding carboxylic acids is 1. The highest BCUT2D eigenvalue weighted by Gasteiger charge is 2.31. The van der Waals surface area contributed by atoms with Crippen LogP contribution in [0.4, 0.5) is 0 Å². The van der Waals surface area contributed by atoms with Crippen molar-refractivity contribution in [2.45, 2.75) is 26.1 Å². The van der Waals surface area contributed by atoms with Gasteiger partial charge in [0.25, 0.3) is 5.91 Å². The van der Waals surface area contributed by atoms with E-state index in [1.54, 1.807) is 28.0 Å². The molecule has 1 atom stereocenters. The number of hydrogen-bond acceptors (Lipinski definition) is 5. The van der Waals surface area contributed by atoms with Gasteiger partial charge in [0.2, 0.25) is 0 Å². The molecule has 118 valence electrons. The van der Waals surface area contributed by atoms with Crippen molar-refractivity contribution in [3.63, 3.8) is 0 Å². The summed E-state index contributed by atoms with van der Waals surface area (Å²) >= 11 is 0. The summed E-state index contributed by atoms with van der Waals surface area (Å²) in [5.41, 5.74) is 1.06. The van der Waals surface area contributed by atoms with Crippen LogP contribution < -0.4 is 0 Å². The SMILES string of the molecule is C[C@@H]1c2ncc(Cn3cncn3)n2CCN1C(=O)c1ccco1. The Kier molecular flexibility index (Phi) is 3.22. The van der Waals surface area contributed by atoms with Gasteiger partial charge in [0.05, 0.1) is 30.7 Å². The van der Waals surface area contributed by atoms with E-state index in [1.165, 1.54) is 12.6 Å². The topological polar surface area (TPSA) is 82.0 Å². The molecular weight excluding hydrogens is 296 g/mol. The van der Waals surface area contributed by atoms with Gasteiger partial charge in [-0.25, -0.2) is 14.6 Å². The van der Waals surface area contributed by atoms with Crippen LogP contribution in [0.1, 0.15) is 35.0 Å². The molecule has 4 rings (SSSR count). The van der Waals surface area contributed by atoms with E-state index in [-0.39, 0.29) is 11.9 Å². The maximum absolute atomic E-state index is 12.5. The average molecular weight is 312 g/mol. The maximum Gasteiger partial charge on any atom is 0.290 e. The molecule has 0 bridgehead atoms. The third-order valence-electron chi connectivity index (χ3n) is 4.16. The van der Waals surface area contributed by atoms with E-state index in [4.69, 9.17) is 4.42 Å². The second kappa shape index (κ2) is 5.38. The lowest BCUT2D eigenvalue weighted by Crippen LogP contribution is -2.41. The average Bonchev–Trinajstić information content (AvgIpc) is 3.30. The highest BCUT2D eigenvalue weighted by atomic mass is 16.3. The monoisotopic (exact) mass is 312 g/mol. The van der Waals surface area contributed by atoms with Crippen LogP contribution in [0.25, 0.3) is 0 Å². The van der Waals surface area contributed by atoms with Gasteiger partial charge in [-0.05, 0) is 19.1 Å². The standard InChI is InChI=1S/C15H16N6O2/c1-11-14-17-7-12(8-19-10-16-9-18-19)21(14)5-4-20(11)15(22)13-3-2-6-23-13/h2-3,6-7,9-11H,4-5,8H2,1H3/t11-/m1/s1. The summed E-state index contributed by atoms with van der Waals surface area (Å²) in [5.74, 6) is 1.14. The summed E-state index contributed by atoms with van der Waals surface area (Å²) in [6.45, 7) is 3.93. The Labute approximate surface area is 132 Å². The molecule has 1 aliphatic heterocycles. The summed E-state index contributed by atoms with van der Waals surface area (Å²) in [6, 6.07) is 3.30. The van der Waals surface area contributed by atoms with Crippen LogP contribution in [0.15, 0.2) is 41.7 Å². The van der Waals surface area contributed by atoms with E-state index in [9.17, 15) is 4.79 Å². The molecule has 0 saturated heterocycles. The van der Waals surface area contributed by atoms with Crippen molar-refractivity contribution in [1.82, 2.24) is 29.2 Å². The second-order valence-corrected chi connectivity index (χ2v) is 5.50. The number of carbonyl (C=O) groups is 1. The first-order valence-corrected chi connectivity index (χ1v) is 7.45. The van der Waals surface area contributed by atoms with Gasteiger partial charge in [0.15, 0.2) is 5.76 Å². The van der Waals surface area contributed by atoms with Gasteiger partial charge in [0, 0.05) is 13.1 Å². The van der Waals surface area contributed by atoms with Crippen molar-refractivity contribution in [2.24, 2.45) is 0 Å². The first-order valence-electron chi connectivity index (χ1n) is 7.45. The van der Waals surface area contributed by atoms with Gasteiger partial charge < -0.3 is 13.9 Å². The molecule has 0 aliphatic carbocycles. The van der Waals surface area contributed by atoms with Crippen molar-refractivity contribution < 1.29 is 9.21 Å². The lowest BCUT2D eigenvalue weighted by Gasteiger charge is -2.33. The molecule has 3 aromatic rings. The summed E-state index contributed by atoms with van der Waals surface area (Å²) in [5, 5.41) is 4.12. The van der Waals surface area contributed by atoms with Crippen molar-refractivity contribution in [2.75, 3.05) is 6.54 Å². The zero-order valence-electron chi connectivity index (χ0n) is 12.7. The van der Waals surface area contributed by atoms with Crippen LogP contribution >= 0.6 is 0 Å². The molecule has 0 spiro atoms. The van der Waals surface area contributed by atoms with E-state index in [0.717, 1.165) is 11.5 Å². The van der Waals surface area contributed by atoms with Crippen molar-refractivity contribution in [3.8, 4) is 0 Å². The Bertz CT molecular complexity index is 805. The molecule has 0 aromatic carbocycles. The zero-order valence-corrected chi connectivity index (χ0v) is 12.7. The van der Waals surface area contributed by atoms with Crippen LogP contribution in [0.2, 0.25) is 0 Å². The van der Waals surface area contributed by atoms with Gasteiger partial charge in [-0.15, -0.1) is 0 Å². The van der Waals surface area contributed by atoms with Crippen LogP contribution in [-0.2, 0) is 13.1 Å². The summed E-state index contributed by atoms with van der Waals surface area (Å²) < 4.78 is 9.13. The predicted octanol–water partition coefficient (Wildman–Crippen LogP) is 1.33. The smallest absolute Gasteiger partial charge is 0.290 e. The largest absolute Gasteiger partial charge is 0.459 e. The molecule has 3 aromatic heterocycles. The van der Waals surface area contributed by atoms with E-state index in [2.05, 4.69) is 19.6 Å². The van der Waals surface area contributed by atoms with Crippen LogP contribution in [-0.4, -0.2) is 41.7 Å². The number of nitrogens with zero attached hydrogens (tertiary/aromatic N) is 6. The number of hydrogen-bond donors (Lipinski definition) is 0. The van der Waals surface area contributed by atoms with Gasteiger partial charge in [0.1, 0.15) is 18.5 Å². The maximum atomic E-state index is 12.5. The van der Waals surface area contributed by atoms with E-state index < -0.39 is 0 Å². The molecule has 0 radical (unpaired) electrons. The Hall–Kier alpha value is -2.90. The molecule has 8 heteroatoms. The number of furan rings is 1. The lowest BCUT2D eigenvalue weighted by molar-refractivity contribution is 0.0603. The van der Waals surface area contributed by atoms with Crippen LogP contribution in [0.5, 0.6) is 0 Å². The highest BCUT2D eigenvalue weighted by Crippen LogP contribution is 2.27. The minimum atomic E-state index is -0.106. The van der Waals surface area contributed by atoms with Crippen molar-refractivity contribution in [1.29, 1.82) is 0 Å². The van der Waals surface area contributed by atoms with E-state index in [0.29, 0.717) is 25.4 Å². The molecule has 0 N–H and O–H groups in total. The second-order valence-electron chi connectivity index (χ2n) is 5.50. The predicted molar refractivity (Wildman–Crippen MR) is 79.5 cm³/mol. The molecule has 23 heavy (non-hydrogen) atoms. The number of imidazole rings is 1. The summed E-state index contributed by atoms with van der Waals surface area (Å²) in [7, 11) is 0. The molecule has 0 unspecified atom stereocenters. The third-order valence-corrected chi connectivity index (χ3v) is 4.16. The Morgan fingerprint density at radius 1 is 1.43 bits per heavy atom. The summed E-state index contributed by atoms with van der Waals surface area (Å²) in [6.07, 6.45) is 6.55. The quantitative estimate of drug-likeness (QED) is 0.729. The number of fused-ring (bicyclic) bond motifs is 1. The molecule has 4 heterocycles. The normalized spacial score (nSPS) is 17.3. The fourth-order valence-corrected chi connectivity index (χ4v) is 2.99. The third kappa shape index (κ3) is 2.32. The lowest BCUT2D eigenvalue weighted by atomic mass is 10.2. The molecule has 0 fully saturated rings. The summed E-state index contributed by atoms with van der Waals surface area (Å²) in [4.78, 5) is 22.8. The minimum absolute atomic E-state index is 0.102. The zero-order chi connectivity index (χ0) is 15.8. The molecule has 1 amide bonds. The van der Waals surface area contributed by atoms with Gasteiger partial charge in [-0.3, -0.25) is 4.79 Å². The molecule has 1 aliphatic rings. The van der Waals surface area contributed by atoms with Gasteiger partial charge in [-0.2, -0.15) is 5.10 Å². The number of amides is 1. The van der Waals surface area contributed by atoms with E-state index >= 15 is 0 Å². The minimum Gasteiger partial charge on any atom is -0.459 e. The van der Waals surface area contributed by atoms with Gasteiger partial charge >= 0.3 is 0 Å². The fourth-order valence-electron chi connectivity index (χ4n) is 2.99. The highest BCUT2D eigenvalue weighted by molar-refractivity contribution is 5.91. The van der Waals surface area contributed by atoms with Crippen molar-refractivity contribution in [3.05, 3.63) is 54.5 Å². The Morgan fingerprint density at radius 3 is 3.09 bits per heavy atom.